The molecule has 1 amide bonds. The molecule has 0 aromatic carbocycles. The highest BCUT2D eigenvalue weighted by molar-refractivity contribution is 5.79. The van der Waals surface area contributed by atoms with E-state index in [-0.39, 0.29) is 12.5 Å². The van der Waals surface area contributed by atoms with Crippen LogP contribution in [0.3, 0.4) is 0 Å². The predicted molar refractivity (Wildman–Crippen MR) is 69.5 cm³/mol. The molecule has 1 rings (SSSR count). The summed E-state index contributed by atoms with van der Waals surface area (Å²) in [4.78, 5) is 26.0. The number of aliphatic carboxylic acids is 1. The number of hydrogen-bond donors (Lipinski definition) is 1. The molecule has 0 aliphatic rings. The van der Waals surface area contributed by atoms with Gasteiger partial charge in [-0.3, -0.25) is 14.5 Å². The van der Waals surface area contributed by atoms with Crippen molar-refractivity contribution in [2.75, 3.05) is 20.6 Å². The first kappa shape index (κ1) is 15.2. The molecular weight excluding hydrogens is 248 g/mol. The van der Waals surface area contributed by atoms with E-state index in [9.17, 15) is 9.59 Å². The number of rotatable bonds is 7. The van der Waals surface area contributed by atoms with Crippen LogP contribution in [0.1, 0.15) is 19.1 Å². The van der Waals surface area contributed by atoms with Crippen LogP contribution in [-0.2, 0) is 16.1 Å². The van der Waals surface area contributed by atoms with Crippen molar-refractivity contribution < 1.29 is 19.1 Å². The molecule has 0 radical (unpaired) electrons. The van der Waals surface area contributed by atoms with Crippen LogP contribution >= 0.6 is 0 Å². The summed E-state index contributed by atoms with van der Waals surface area (Å²) >= 11 is 0. The first-order chi connectivity index (χ1) is 8.95. The second kappa shape index (κ2) is 6.94. The Hall–Kier alpha value is -1.82. The molecule has 6 nitrogen and oxygen atoms in total. The summed E-state index contributed by atoms with van der Waals surface area (Å²) in [5.41, 5.74) is 0. The van der Waals surface area contributed by atoms with E-state index in [2.05, 4.69) is 0 Å². The molecule has 1 heterocycles. The molecule has 1 atom stereocenters. The SMILES string of the molecule is CCC(C(=O)O)N(C)CC(=O)N(C)Cc1ccco1. The van der Waals surface area contributed by atoms with Crippen molar-refractivity contribution in [3.63, 3.8) is 0 Å². The van der Waals surface area contributed by atoms with Gasteiger partial charge < -0.3 is 14.4 Å². The topological polar surface area (TPSA) is 74.0 Å². The molecule has 0 aliphatic heterocycles. The summed E-state index contributed by atoms with van der Waals surface area (Å²) in [6.07, 6.45) is 2.01. The Labute approximate surface area is 112 Å². The Morgan fingerprint density at radius 1 is 1.42 bits per heavy atom. The molecule has 1 unspecified atom stereocenters. The highest BCUT2D eigenvalue weighted by Gasteiger charge is 2.23. The van der Waals surface area contributed by atoms with E-state index in [0.717, 1.165) is 0 Å². The summed E-state index contributed by atoms with van der Waals surface area (Å²) in [5, 5.41) is 9.02. The third-order valence-electron chi connectivity index (χ3n) is 2.99. The van der Waals surface area contributed by atoms with Crippen molar-refractivity contribution in [1.82, 2.24) is 9.80 Å². The third-order valence-corrected chi connectivity index (χ3v) is 2.99. The molecule has 1 aromatic rings. The number of hydrogen-bond acceptors (Lipinski definition) is 4. The van der Waals surface area contributed by atoms with Gasteiger partial charge in [0.05, 0.1) is 19.4 Å². The molecule has 1 aromatic heterocycles. The molecule has 0 bridgehead atoms. The van der Waals surface area contributed by atoms with Gasteiger partial charge in [0, 0.05) is 7.05 Å². The minimum atomic E-state index is -0.911. The lowest BCUT2D eigenvalue weighted by atomic mass is 10.2. The predicted octanol–water partition coefficient (Wildman–Crippen LogP) is 1.03. The Balaban J connectivity index is 2.51. The fourth-order valence-corrected chi connectivity index (χ4v) is 1.84. The molecule has 1 N–H and O–H groups in total. The Morgan fingerprint density at radius 3 is 2.58 bits per heavy atom. The number of carboxylic acids is 1. The van der Waals surface area contributed by atoms with Gasteiger partial charge >= 0.3 is 5.97 Å². The smallest absolute Gasteiger partial charge is 0.320 e. The quantitative estimate of drug-likeness (QED) is 0.799. The zero-order valence-corrected chi connectivity index (χ0v) is 11.5. The molecule has 106 valence electrons. The van der Waals surface area contributed by atoms with Crippen LogP contribution in [0.25, 0.3) is 0 Å². The van der Waals surface area contributed by atoms with Crippen LogP contribution in [0, 0.1) is 0 Å². The first-order valence-corrected chi connectivity index (χ1v) is 6.15. The van der Waals surface area contributed by atoms with Crippen molar-refractivity contribution in [3.05, 3.63) is 24.2 Å². The van der Waals surface area contributed by atoms with Gasteiger partial charge in [-0.2, -0.15) is 0 Å². The third kappa shape index (κ3) is 4.40. The van der Waals surface area contributed by atoms with Gasteiger partial charge in [0.1, 0.15) is 11.8 Å². The fraction of sp³-hybridized carbons (Fsp3) is 0.538. The monoisotopic (exact) mass is 268 g/mol. The maximum Gasteiger partial charge on any atom is 0.320 e. The second-order valence-corrected chi connectivity index (χ2v) is 4.51. The van der Waals surface area contributed by atoms with E-state index in [0.29, 0.717) is 18.7 Å². The second-order valence-electron chi connectivity index (χ2n) is 4.51. The van der Waals surface area contributed by atoms with Crippen molar-refractivity contribution in [2.24, 2.45) is 0 Å². The first-order valence-electron chi connectivity index (χ1n) is 6.15. The van der Waals surface area contributed by atoms with Gasteiger partial charge in [0.2, 0.25) is 5.91 Å². The van der Waals surface area contributed by atoms with Gasteiger partial charge in [-0.05, 0) is 25.6 Å². The van der Waals surface area contributed by atoms with Crippen molar-refractivity contribution in [2.45, 2.75) is 25.9 Å². The number of amides is 1. The van der Waals surface area contributed by atoms with Crippen LogP contribution in [0.2, 0.25) is 0 Å². The van der Waals surface area contributed by atoms with Gasteiger partial charge in [0.25, 0.3) is 0 Å². The lowest BCUT2D eigenvalue weighted by molar-refractivity contribution is -0.144. The van der Waals surface area contributed by atoms with Gasteiger partial charge in [-0.1, -0.05) is 6.92 Å². The van der Waals surface area contributed by atoms with Gasteiger partial charge in [0.15, 0.2) is 0 Å². The summed E-state index contributed by atoms with van der Waals surface area (Å²) < 4.78 is 5.16. The van der Waals surface area contributed by atoms with E-state index in [1.165, 1.54) is 4.90 Å². The van der Waals surface area contributed by atoms with E-state index in [4.69, 9.17) is 9.52 Å². The standard InChI is InChI=1S/C13H20N2O4/c1-4-11(13(17)18)14(2)9-12(16)15(3)8-10-6-5-7-19-10/h5-7,11H,4,8-9H2,1-3H3,(H,17,18). The highest BCUT2D eigenvalue weighted by atomic mass is 16.4. The molecule has 0 saturated carbocycles. The van der Waals surface area contributed by atoms with Crippen molar-refractivity contribution >= 4 is 11.9 Å². The van der Waals surface area contributed by atoms with Crippen LogP contribution in [0.5, 0.6) is 0 Å². The number of likely N-dealkylation sites (N-methyl/N-ethyl adjacent to an activating group) is 2. The number of carbonyl (C=O) groups excluding carboxylic acids is 1. The zero-order valence-electron chi connectivity index (χ0n) is 11.5. The summed E-state index contributed by atoms with van der Waals surface area (Å²) in [6.45, 7) is 2.23. The van der Waals surface area contributed by atoms with E-state index >= 15 is 0 Å². The maximum absolute atomic E-state index is 12.0. The van der Waals surface area contributed by atoms with Gasteiger partial charge in [-0.25, -0.2) is 0 Å². The normalized spacial score (nSPS) is 12.4. The summed E-state index contributed by atoms with van der Waals surface area (Å²) in [5.74, 6) is -0.353. The number of carbonyl (C=O) groups is 2. The van der Waals surface area contributed by atoms with Crippen LogP contribution < -0.4 is 0 Å². The molecule has 19 heavy (non-hydrogen) atoms. The lowest BCUT2D eigenvalue weighted by Crippen LogP contribution is -2.44. The average molecular weight is 268 g/mol. The largest absolute Gasteiger partial charge is 0.480 e. The zero-order chi connectivity index (χ0) is 14.4. The molecule has 0 spiro atoms. The molecule has 0 saturated heterocycles. The number of furan rings is 1. The van der Waals surface area contributed by atoms with E-state index in [1.807, 2.05) is 0 Å². The van der Waals surface area contributed by atoms with Crippen molar-refractivity contribution in [3.8, 4) is 0 Å². The minimum Gasteiger partial charge on any atom is -0.480 e. The van der Waals surface area contributed by atoms with E-state index in [1.54, 1.807) is 44.3 Å². The molecule has 0 aliphatic carbocycles. The molecular formula is C13H20N2O4. The number of carboxylic acid groups (broad SMARTS) is 1. The lowest BCUT2D eigenvalue weighted by Gasteiger charge is -2.25. The van der Waals surface area contributed by atoms with E-state index < -0.39 is 12.0 Å². The molecule has 6 heteroatoms. The average Bonchev–Trinajstić information content (AvgIpc) is 2.81. The maximum atomic E-state index is 12.0. The van der Waals surface area contributed by atoms with Crippen molar-refractivity contribution in [1.29, 1.82) is 0 Å². The fourth-order valence-electron chi connectivity index (χ4n) is 1.84. The van der Waals surface area contributed by atoms with Crippen LogP contribution in [-0.4, -0.2) is 53.5 Å². The van der Waals surface area contributed by atoms with Gasteiger partial charge in [-0.15, -0.1) is 0 Å². The summed E-state index contributed by atoms with van der Waals surface area (Å²) in [7, 11) is 3.31. The van der Waals surface area contributed by atoms with Crippen LogP contribution in [0.15, 0.2) is 22.8 Å². The minimum absolute atomic E-state index is 0.0714. The number of nitrogens with zero attached hydrogens (tertiary/aromatic N) is 2. The summed E-state index contributed by atoms with van der Waals surface area (Å²) in [6, 6.07) is 2.91. The highest BCUT2D eigenvalue weighted by Crippen LogP contribution is 2.06. The molecule has 0 fully saturated rings. The van der Waals surface area contributed by atoms with Crippen LogP contribution in [0.4, 0.5) is 0 Å². The Morgan fingerprint density at radius 2 is 2.11 bits per heavy atom. The Kier molecular flexibility index (Phi) is 5.57. The Bertz CT molecular complexity index is 416.